The van der Waals surface area contributed by atoms with E-state index in [0.29, 0.717) is 16.8 Å². The topological polar surface area (TPSA) is 109 Å². The van der Waals surface area contributed by atoms with Gasteiger partial charge in [-0.15, -0.1) is 0 Å². The SMILES string of the molecule is CC(=O)O[C@@H]1C[C@@H](C)O[C@H]1n1c(=O)sc2cnc(N)nc21. The number of esters is 1. The molecular formula is C12H14N4O4S. The number of nitrogen functional groups attached to an aromatic ring is 1. The van der Waals surface area contributed by atoms with Crippen LogP contribution in [0.15, 0.2) is 11.0 Å². The second kappa shape index (κ2) is 5.08. The van der Waals surface area contributed by atoms with Crippen LogP contribution in [0.5, 0.6) is 0 Å². The highest BCUT2D eigenvalue weighted by atomic mass is 32.1. The molecule has 3 atom stereocenters. The van der Waals surface area contributed by atoms with Crippen molar-refractivity contribution in [3.05, 3.63) is 15.9 Å². The first-order chi connectivity index (χ1) is 9.95. The fraction of sp³-hybridized carbons (Fsp3) is 0.500. The van der Waals surface area contributed by atoms with E-state index in [0.717, 1.165) is 11.3 Å². The number of carbonyl (C=O) groups is 1. The van der Waals surface area contributed by atoms with Crippen LogP contribution in [0.2, 0.25) is 0 Å². The number of fused-ring (bicyclic) bond motifs is 1. The molecule has 0 bridgehead atoms. The number of nitrogens with two attached hydrogens (primary N) is 1. The Hall–Kier alpha value is -2.00. The molecule has 0 aliphatic carbocycles. The molecule has 8 nitrogen and oxygen atoms in total. The van der Waals surface area contributed by atoms with E-state index < -0.39 is 18.3 Å². The highest BCUT2D eigenvalue weighted by Crippen LogP contribution is 2.33. The van der Waals surface area contributed by atoms with Gasteiger partial charge in [-0.25, -0.2) is 4.98 Å². The van der Waals surface area contributed by atoms with Crippen LogP contribution in [-0.2, 0) is 14.3 Å². The van der Waals surface area contributed by atoms with E-state index in [4.69, 9.17) is 15.2 Å². The molecule has 0 unspecified atom stereocenters. The number of aromatic nitrogens is 3. The Morgan fingerprint density at radius 2 is 2.38 bits per heavy atom. The van der Waals surface area contributed by atoms with Crippen LogP contribution in [0.4, 0.5) is 5.95 Å². The standard InChI is InChI=1S/C12H14N4O4S/c1-5-3-7(20-6(2)17)10(19-5)16-9-8(21-12(16)18)4-14-11(13)15-9/h4-5,7,10H,3H2,1-2H3,(H2,13,14,15)/t5-,7-,10-/m1/s1. The van der Waals surface area contributed by atoms with Crippen LogP contribution in [0.25, 0.3) is 10.3 Å². The molecule has 0 saturated carbocycles. The minimum Gasteiger partial charge on any atom is -0.458 e. The molecule has 2 aromatic heterocycles. The summed E-state index contributed by atoms with van der Waals surface area (Å²) in [4.78, 5) is 31.2. The van der Waals surface area contributed by atoms with Crippen molar-refractivity contribution in [3.63, 3.8) is 0 Å². The summed E-state index contributed by atoms with van der Waals surface area (Å²) in [6.45, 7) is 3.19. The molecule has 1 aliphatic heterocycles. The number of hydrogen-bond donors (Lipinski definition) is 1. The van der Waals surface area contributed by atoms with Gasteiger partial charge in [0.25, 0.3) is 0 Å². The third-order valence-corrected chi connectivity index (χ3v) is 4.08. The molecule has 3 heterocycles. The first-order valence-electron chi connectivity index (χ1n) is 6.42. The van der Waals surface area contributed by atoms with Gasteiger partial charge in [-0.2, -0.15) is 4.98 Å². The smallest absolute Gasteiger partial charge is 0.311 e. The number of nitrogens with zero attached hydrogens (tertiary/aromatic N) is 3. The van der Waals surface area contributed by atoms with Crippen LogP contribution in [0, 0.1) is 0 Å². The quantitative estimate of drug-likeness (QED) is 0.812. The molecule has 2 aromatic rings. The van der Waals surface area contributed by atoms with Crippen molar-refractivity contribution in [1.82, 2.24) is 14.5 Å². The molecule has 1 aliphatic rings. The lowest BCUT2D eigenvalue weighted by atomic mass is 10.2. The summed E-state index contributed by atoms with van der Waals surface area (Å²) in [7, 11) is 0. The minimum atomic E-state index is -0.695. The molecule has 0 radical (unpaired) electrons. The molecule has 21 heavy (non-hydrogen) atoms. The molecule has 112 valence electrons. The van der Waals surface area contributed by atoms with Gasteiger partial charge in [0, 0.05) is 13.3 Å². The number of carbonyl (C=O) groups excluding carboxylic acids is 1. The molecule has 0 amide bonds. The van der Waals surface area contributed by atoms with Gasteiger partial charge in [0.2, 0.25) is 5.95 Å². The van der Waals surface area contributed by atoms with Crippen molar-refractivity contribution in [2.45, 2.75) is 38.7 Å². The minimum absolute atomic E-state index is 0.0733. The van der Waals surface area contributed by atoms with E-state index in [-0.39, 0.29) is 16.9 Å². The van der Waals surface area contributed by atoms with E-state index in [2.05, 4.69) is 9.97 Å². The van der Waals surface area contributed by atoms with Crippen LogP contribution < -0.4 is 10.6 Å². The monoisotopic (exact) mass is 310 g/mol. The number of hydrogen-bond acceptors (Lipinski definition) is 8. The van der Waals surface area contributed by atoms with E-state index in [1.807, 2.05) is 6.92 Å². The van der Waals surface area contributed by atoms with Gasteiger partial charge in [0.05, 0.1) is 17.0 Å². The summed E-state index contributed by atoms with van der Waals surface area (Å²) in [6.07, 6.45) is 0.678. The Labute approximate surface area is 123 Å². The zero-order valence-corrected chi connectivity index (χ0v) is 12.3. The normalized spacial score (nSPS) is 25.3. The van der Waals surface area contributed by atoms with E-state index in [1.54, 1.807) is 0 Å². The van der Waals surface area contributed by atoms with Crippen LogP contribution in [0.3, 0.4) is 0 Å². The third kappa shape index (κ3) is 2.49. The van der Waals surface area contributed by atoms with Crippen LogP contribution in [-0.4, -0.2) is 32.7 Å². The number of rotatable bonds is 2. The largest absolute Gasteiger partial charge is 0.458 e. The highest BCUT2D eigenvalue weighted by molar-refractivity contribution is 7.16. The molecule has 3 rings (SSSR count). The van der Waals surface area contributed by atoms with Gasteiger partial charge < -0.3 is 15.2 Å². The summed E-state index contributed by atoms with van der Waals surface area (Å²) < 4.78 is 13.0. The fourth-order valence-electron chi connectivity index (χ4n) is 2.45. The Morgan fingerprint density at radius 1 is 1.62 bits per heavy atom. The van der Waals surface area contributed by atoms with Crippen LogP contribution in [0.1, 0.15) is 26.5 Å². The second-order valence-corrected chi connectivity index (χ2v) is 5.87. The molecule has 9 heteroatoms. The summed E-state index contributed by atoms with van der Waals surface area (Å²) in [5.74, 6) is -0.339. The van der Waals surface area contributed by atoms with Crippen molar-refractivity contribution in [2.24, 2.45) is 0 Å². The Morgan fingerprint density at radius 3 is 3.10 bits per heavy atom. The summed E-state index contributed by atoms with van der Waals surface area (Å²) >= 11 is 1.00. The van der Waals surface area contributed by atoms with Crippen molar-refractivity contribution in [2.75, 3.05) is 5.73 Å². The van der Waals surface area contributed by atoms with Gasteiger partial charge in [0.15, 0.2) is 11.9 Å². The highest BCUT2D eigenvalue weighted by Gasteiger charge is 2.38. The maximum Gasteiger partial charge on any atom is 0.311 e. The van der Waals surface area contributed by atoms with Gasteiger partial charge in [-0.1, -0.05) is 11.3 Å². The molecule has 0 spiro atoms. The van der Waals surface area contributed by atoms with E-state index in [1.165, 1.54) is 17.7 Å². The third-order valence-electron chi connectivity index (χ3n) is 3.20. The van der Waals surface area contributed by atoms with Gasteiger partial charge in [-0.3, -0.25) is 14.2 Å². The molecule has 1 saturated heterocycles. The fourth-order valence-corrected chi connectivity index (χ4v) is 3.26. The van der Waals surface area contributed by atoms with Crippen molar-refractivity contribution >= 4 is 33.6 Å². The molecular weight excluding hydrogens is 296 g/mol. The maximum atomic E-state index is 12.2. The number of thiazole rings is 1. The lowest BCUT2D eigenvalue weighted by Crippen LogP contribution is -2.30. The van der Waals surface area contributed by atoms with E-state index in [9.17, 15) is 9.59 Å². The zero-order chi connectivity index (χ0) is 15.1. The number of anilines is 1. The Balaban J connectivity index is 2.10. The van der Waals surface area contributed by atoms with Crippen molar-refractivity contribution < 1.29 is 14.3 Å². The molecule has 2 N–H and O–H groups in total. The number of ether oxygens (including phenoxy) is 2. The van der Waals surface area contributed by atoms with E-state index >= 15 is 0 Å². The lowest BCUT2D eigenvalue weighted by molar-refractivity contribution is -0.152. The Kier molecular flexibility index (Phi) is 3.38. The second-order valence-electron chi connectivity index (χ2n) is 4.87. The lowest BCUT2D eigenvalue weighted by Gasteiger charge is -2.19. The summed E-state index contributed by atoms with van der Waals surface area (Å²) in [6, 6.07) is 0. The van der Waals surface area contributed by atoms with Gasteiger partial charge in [-0.05, 0) is 6.92 Å². The van der Waals surface area contributed by atoms with Gasteiger partial charge in [0.1, 0.15) is 6.10 Å². The maximum absolute atomic E-state index is 12.2. The molecule has 0 aromatic carbocycles. The van der Waals surface area contributed by atoms with Crippen molar-refractivity contribution in [1.29, 1.82) is 0 Å². The Bertz CT molecular complexity index is 755. The predicted molar refractivity (Wildman–Crippen MR) is 75.8 cm³/mol. The summed E-state index contributed by atoms with van der Waals surface area (Å²) in [5.41, 5.74) is 5.98. The predicted octanol–water partition coefficient (Wildman–Crippen LogP) is 0.674. The summed E-state index contributed by atoms with van der Waals surface area (Å²) in [5, 5.41) is 0. The zero-order valence-electron chi connectivity index (χ0n) is 11.5. The molecule has 1 fully saturated rings. The first-order valence-corrected chi connectivity index (χ1v) is 7.23. The van der Waals surface area contributed by atoms with Crippen molar-refractivity contribution in [3.8, 4) is 0 Å². The van der Waals surface area contributed by atoms with Gasteiger partial charge >= 0.3 is 10.8 Å². The first kappa shape index (κ1) is 14.0. The average molecular weight is 310 g/mol. The average Bonchev–Trinajstić information content (AvgIpc) is 2.87. The van der Waals surface area contributed by atoms with Crippen LogP contribution >= 0.6 is 11.3 Å².